The van der Waals surface area contributed by atoms with E-state index in [-0.39, 0.29) is 18.3 Å². The van der Waals surface area contributed by atoms with Gasteiger partial charge in [0.15, 0.2) is 12.6 Å². The van der Waals surface area contributed by atoms with Gasteiger partial charge < -0.3 is 19.5 Å². The SMILES string of the molecule is CSCC[C@H](NC(=O)OC(C)(C)C)C(=O)c1ccccc1OCOC(C)[Si](C)(C)C. The van der Waals surface area contributed by atoms with Crippen molar-refractivity contribution >= 4 is 31.7 Å². The number of carbonyl (C=O) groups is 2. The van der Waals surface area contributed by atoms with Crippen LogP contribution in [0.5, 0.6) is 5.75 Å². The number of benzene rings is 1. The predicted octanol–water partition coefficient (Wildman–Crippen LogP) is 5.13. The molecule has 0 fully saturated rings. The monoisotopic (exact) mass is 455 g/mol. The Balaban J connectivity index is 2.92. The number of alkyl carbamates (subject to hydrolysis) is 1. The van der Waals surface area contributed by atoms with E-state index in [1.165, 1.54) is 0 Å². The molecule has 1 aromatic carbocycles. The van der Waals surface area contributed by atoms with Crippen LogP contribution in [0.3, 0.4) is 0 Å². The van der Waals surface area contributed by atoms with Gasteiger partial charge in [-0.1, -0.05) is 31.8 Å². The predicted molar refractivity (Wildman–Crippen MR) is 126 cm³/mol. The Morgan fingerprint density at radius 1 is 1.17 bits per heavy atom. The molecular formula is C22H37NO5SSi. The van der Waals surface area contributed by atoms with E-state index in [0.29, 0.717) is 17.7 Å². The van der Waals surface area contributed by atoms with Crippen molar-refractivity contribution in [2.45, 2.75) is 71.1 Å². The molecule has 170 valence electrons. The van der Waals surface area contributed by atoms with Crippen molar-refractivity contribution in [2.75, 3.05) is 18.8 Å². The van der Waals surface area contributed by atoms with Crippen LogP contribution in [-0.4, -0.2) is 56.1 Å². The van der Waals surface area contributed by atoms with Gasteiger partial charge >= 0.3 is 6.09 Å². The second kappa shape index (κ2) is 11.8. The minimum Gasteiger partial charge on any atom is -0.467 e. The number of nitrogens with one attached hydrogen (secondary N) is 1. The lowest BCUT2D eigenvalue weighted by Crippen LogP contribution is -2.44. The van der Waals surface area contributed by atoms with Crippen LogP contribution in [0.15, 0.2) is 24.3 Å². The molecule has 0 radical (unpaired) electrons. The molecule has 0 saturated carbocycles. The van der Waals surface area contributed by atoms with E-state index in [9.17, 15) is 9.59 Å². The Morgan fingerprint density at radius 2 is 1.80 bits per heavy atom. The van der Waals surface area contributed by atoms with Gasteiger partial charge in [-0.25, -0.2) is 4.79 Å². The van der Waals surface area contributed by atoms with Crippen molar-refractivity contribution in [3.05, 3.63) is 29.8 Å². The summed E-state index contributed by atoms with van der Waals surface area (Å²) >= 11 is 1.61. The first-order valence-corrected chi connectivity index (χ1v) is 15.2. The highest BCUT2D eigenvalue weighted by molar-refractivity contribution is 7.98. The largest absolute Gasteiger partial charge is 0.467 e. The summed E-state index contributed by atoms with van der Waals surface area (Å²) < 4.78 is 17.0. The van der Waals surface area contributed by atoms with E-state index in [0.717, 1.165) is 5.75 Å². The number of amides is 1. The topological polar surface area (TPSA) is 73.9 Å². The molecule has 1 rings (SSSR count). The summed E-state index contributed by atoms with van der Waals surface area (Å²) in [5.41, 5.74) is -0.0877. The number of ketones is 1. The van der Waals surface area contributed by atoms with Gasteiger partial charge in [0, 0.05) is 5.73 Å². The van der Waals surface area contributed by atoms with Gasteiger partial charge in [-0.05, 0) is 58.3 Å². The molecule has 0 aliphatic rings. The zero-order valence-corrected chi connectivity index (χ0v) is 21.4. The van der Waals surface area contributed by atoms with Crippen molar-refractivity contribution in [1.29, 1.82) is 0 Å². The van der Waals surface area contributed by atoms with Crippen LogP contribution in [0, 0.1) is 0 Å². The molecule has 0 aliphatic heterocycles. The third-order valence-corrected chi connectivity index (χ3v) is 7.77. The molecule has 0 saturated heterocycles. The fourth-order valence-corrected chi connectivity index (χ4v) is 3.43. The number of hydrogen-bond donors (Lipinski definition) is 1. The van der Waals surface area contributed by atoms with Crippen LogP contribution < -0.4 is 10.1 Å². The summed E-state index contributed by atoms with van der Waals surface area (Å²) in [7, 11) is -1.44. The van der Waals surface area contributed by atoms with Crippen molar-refractivity contribution in [2.24, 2.45) is 0 Å². The third kappa shape index (κ3) is 9.53. The molecule has 8 heteroatoms. The molecular weight excluding hydrogens is 418 g/mol. The van der Waals surface area contributed by atoms with Crippen LogP contribution >= 0.6 is 11.8 Å². The van der Waals surface area contributed by atoms with Crippen LogP contribution in [0.1, 0.15) is 44.5 Å². The van der Waals surface area contributed by atoms with Gasteiger partial charge in [0.2, 0.25) is 0 Å². The minimum absolute atomic E-state index is 0.0741. The summed E-state index contributed by atoms with van der Waals surface area (Å²) in [6.07, 6.45) is 1.85. The van der Waals surface area contributed by atoms with Crippen molar-refractivity contribution in [3.63, 3.8) is 0 Å². The Bertz CT molecular complexity index is 700. The summed E-state index contributed by atoms with van der Waals surface area (Å²) in [6.45, 7) is 14.2. The standard InChI is InChI=1S/C22H37NO5SSi/c1-16(30(6,7)8)26-15-27-19-12-10-9-11-17(19)20(24)18(13-14-29-5)23-21(25)28-22(2,3)4/h9-12,16,18H,13-15H2,1-8H3,(H,23,25)/t16?,18-/m0/s1. The molecule has 1 unspecified atom stereocenters. The Hall–Kier alpha value is -1.51. The van der Waals surface area contributed by atoms with E-state index >= 15 is 0 Å². The van der Waals surface area contributed by atoms with Crippen molar-refractivity contribution in [3.8, 4) is 5.75 Å². The highest BCUT2D eigenvalue weighted by atomic mass is 32.2. The highest BCUT2D eigenvalue weighted by Crippen LogP contribution is 2.22. The highest BCUT2D eigenvalue weighted by Gasteiger charge is 2.27. The van der Waals surface area contributed by atoms with Gasteiger partial charge in [0.05, 0.1) is 19.7 Å². The second-order valence-electron chi connectivity index (χ2n) is 9.28. The lowest BCUT2D eigenvalue weighted by Gasteiger charge is -2.25. The summed E-state index contributed by atoms with van der Waals surface area (Å²) in [5.74, 6) is 0.973. The Morgan fingerprint density at radius 3 is 2.37 bits per heavy atom. The van der Waals surface area contributed by atoms with Crippen molar-refractivity contribution < 1.29 is 23.8 Å². The Labute approximate surface area is 186 Å². The average Bonchev–Trinajstić information content (AvgIpc) is 2.62. The van der Waals surface area contributed by atoms with Crippen molar-refractivity contribution in [1.82, 2.24) is 5.32 Å². The molecule has 0 spiro atoms. The van der Waals surface area contributed by atoms with E-state index in [1.807, 2.05) is 12.3 Å². The number of thioether (sulfide) groups is 1. The second-order valence-corrected chi connectivity index (χ2v) is 15.8. The molecule has 1 N–H and O–H groups in total. The van der Waals surface area contributed by atoms with E-state index in [1.54, 1.807) is 50.7 Å². The Kier molecular flexibility index (Phi) is 10.4. The zero-order chi connectivity index (χ0) is 22.9. The lowest BCUT2D eigenvalue weighted by molar-refractivity contribution is -0.000129. The average molecular weight is 456 g/mol. The van der Waals surface area contributed by atoms with Crippen LogP contribution in [0.25, 0.3) is 0 Å². The third-order valence-electron chi connectivity index (χ3n) is 4.52. The smallest absolute Gasteiger partial charge is 0.408 e. The fourth-order valence-electron chi connectivity index (χ4n) is 2.39. The lowest BCUT2D eigenvalue weighted by atomic mass is 10.0. The van der Waals surface area contributed by atoms with Crippen LogP contribution in [-0.2, 0) is 9.47 Å². The number of hydrogen-bond acceptors (Lipinski definition) is 6. The molecule has 1 aromatic rings. The van der Waals surface area contributed by atoms with E-state index in [4.69, 9.17) is 14.2 Å². The van der Waals surface area contributed by atoms with Crippen LogP contribution in [0.2, 0.25) is 19.6 Å². The molecule has 0 bridgehead atoms. The van der Waals surface area contributed by atoms with E-state index in [2.05, 4.69) is 31.9 Å². The maximum Gasteiger partial charge on any atom is 0.408 e. The van der Waals surface area contributed by atoms with Gasteiger partial charge in [0.25, 0.3) is 0 Å². The fraction of sp³-hybridized carbons (Fsp3) is 0.636. The normalized spacial score (nSPS) is 14.0. The number of ether oxygens (including phenoxy) is 3. The maximum atomic E-state index is 13.2. The zero-order valence-electron chi connectivity index (χ0n) is 19.5. The summed E-state index contributed by atoms with van der Waals surface area (Å²) in [4.78, 5) is 25.5. The number of carbonyl (C=O) groups excluding carboxylic acids is 2. The molecule has 0 aliphatic carbocycles. The molecule has 2 atom stereocenters. The number of para-hydroxylation sites is 1. The first kappa shape index (κ1) is 26.5. The number of rotatable bonds is 11. The quantitative estimate of drug-likeness (QED) is 0.283. The summed E-state index contributed by atoms with van der Waals surface area (Å²) in [5, 5.41) is 2.72. The first-order chi connectivity index (χ1) is 13.8. The van der Waals surface area contributed by atoms with Gasteiger partial charge in [-0.2, -0.15) is 11.8 Å². The molecule has 30 heavy (non-hydrogen) atoms. The van der Waals surface area contributed by atoms with Gasteiger partial charge in [0.1, 0.15) is 11.4 Å². The molecule has 6 nitrogen and oxygen atoms in total. The molecule has 0 aromatic heterocycles. The van der Waals surface area contributed by atoms with Crippen LogP contribution in [0.4, 0.5) is 4.79 Å². The number of Topliss-reactive ketones (excluding diaryl/α,β-unsaturated/α-hetero) is 1. The maximum absolute atomic E-state index is 13.2. The molecule has 0 heterocycles. The minimum atomic E-state index is -1.44. The van der Waals surface area contributed by atoms with Gasteiger partial charge in [-0.15, -0.1) is 0 Å². The summed E-state index contributed by atoms with van der Waals surface area (Å²) in [6, 6.07) is 6.35. The van der Waals surface area contributed by atoms with Gasteiger partial charge in [-0.3, -0.25) is 4.79 Å². The first-order valence-electron chi connectivity index (χ1n) is 10.2. The van der Waals surface area contributed by atoms with E-state index < -0.39 is 25.8 Å². The molecule has 1 amide bonds.